The van der Waals surface area contributed by atoms with E-state index in [9.17, 15) is 14.7 Å². The van der Waals surface area contributed by atoms with Crippen molar-refractivity contribution >= 4 is 23.5 Å². The summed E-state index contributed by atoms with van der Waals surface area (Å²) in [6.45, 7) is 1.30. The smallest absolute Gasteiger partial charge is 0.261 e. The molecule has 20 heavy (non-hydrogen) atoms. The number of likely N-dealkylation sites (N-methyl/N-ethyl adjacent to an activating group) is 1. The second-order valence-electron chi connectivity index (χ2n) is 4.75. The molecular formula is C15H17NO3S. The molecule has 0 aliphatic carbocycles. The summed E-state index contributed by atoms with van der Waals surface area (Å²) in [6.07, 6.45) is 0. The molecule has 1 unspecified atom stereocenters. The Kier molecular flexibility index (Phi) is 4.49. The lowest BCUT2D eigenvalue weighted by Gasteiger charge is -2.20. The van der Waals surface area contributed by atoms with E-state index in [0.29, 0.717) is 5.75 Å². The summed E-state index contributed by atoms with van der Waals surface area (Å²) >= 11 is 1.63. The Balaban J connectivity index is 1.99. The van der Waals surface area contributed by atoms with Gasteiger partial charge in [-0.2, -0.15) is 11.8 Å². The van der Waals surface area contributed by atoms with Crippen molar-refractivity contribution in [3.05, 3.63) is 47.2 Å². The predicted molar refractivity (Wildman–Crippen MR) is 79.5 cm³/mol. The fraction of sp³-hybridized carbons (Fsp3) is 0.333. The zero-order chi connectivity index (χ0) is 14.7. The number of hydrogen-bond donors (Lipinski definition) is 1. The molecule has 1 aromatic rings. The molecule has 1 aliphatic rings. The van der Waals surface area contributed by atoms with E-state index in [0.717, 1.165) is 5.75 Å². The van der Waals surface area contributed by atoms with Crippen LogP contribution >= 0.6 is 11.8 Å². The van der Waals surface area contributed by atoms with Gasteiger partial charge in [0.15, 0.2) is 5.78 Å². The van der Waals surface area contributed by atoms with Gasteiger partial charge in [0.1, 0.15) is 11.3 Å². The van der Waals surface area contributed by atoms with Gasteiger partial charge in [0.2, 0.25) is 0 Å². The molecule has 0 saturated heterocycles. The maximum atomic E-state index is 11.9. The third-order valence-electron chi connectivity index (χ3n) is 3.31. The SMILES string of the molecule is CC(=O)C1=C(O)C(CSCc2ccccc2)N(C)C1=O. The van der Waals surface area contributed by atoms with Gasteiger partial charge in [-0.05, 0) is 12.5 Å². The van der Waals surface area contributed by atoms with Crippen molar-refractivity contribution in [3.8, 4) is 0 Å². The molecule has 1 aliphatic heterocycles. The van der Waals surface area contributed by atoms with Crippen molar-refractivity contribution in [1.29, 1.82) is 0 Å². The number of nitrogens with zero attached hydrogens (tertiary/aromatic N) is 1. The number of Topliss-reactive ketones (excluding diaryl/α,β-unsaturated/α-hetero) is 1. The zero-order valence-corrected chi connectivity index (χ0v) is 12.3. The van der Waals surface area contributed by atoms with Gasteiger partial charge in [-0.1, -0.05) is 30.3 Å². The number of aliphatic hydroxyl groups is 1. The molecule has 0 aromatic heterocycles. The van der Waals surface area contributed by atoms with Crippen molar-refractivity contribution in [2.45, 2.75) is 18.7 Å². The van der Waals surface area contributed by atoms with Crippen LogP contribution < -0.4 is 0 Å². The maximum absolute atomic E-state index is 11.9. The Bertz CT molecular complexity index is 553. The molecule has 106 valence electrons. The van der Waals surface area contributed by atoms with E-state index in [1.54, 1.807) is 18.8 Å². The summed E-state index contributed by atoms with van der Waals surface area (Å²) in [7, 11) is 1.61. The van der Waals surface area contributed by atoms with Crippen LogP contribution in [0.1, 0.15) is 12.5 Å². The van der Waals surface area contributed by atoms with Crippen molar-refractivity contribution in [1.82, 2.24) is 4.90 Å². The van der Waals surface area contributed by atoms with Crippen LogP contribution in [0.2, 0.25) is 0 Å². The molecule has 0 saturated carbocycles. The monoisotopic (exact) mass is 291 g/mol. The van der Waals surface area contributed by atoms with E-state index in [2.05, 4.69) is 0 Å². The van der Waals surface area contributed by atoms with E-state index in [1.807, 2.05) is 30.3 Å². The lowest BCUT2D eigenvalue weighted by atomic mass is 10.1. The van der Waals surface area contributed by atoms with Gasteiger partial charge < -0.3 is 10.0 Å². The molecule has 2 rings (SSSR count). The van der Waals surface area contributed by atoms with E-state index in [1.165, 1.54) is 17.4 Å². The summed E-state index contributed by atoms with van der Waals surface area (Å²) in [6, 6.07) is 9.58. The molecule has 1 aromatic carbocycles. The number of amides is 1. The van der Waals surface area contributed by atoms with Crippen LogP contribution in [0.4, 0.5) is 0 Å². The second-order valence-corrected chi connectivity index (χ2v) is 5.78. The Morgan fingerprint density at radius 2 is 2.00 bits per heavy atom. The Morgan fingerprint density at radius 3 is 2.55 bits per heavy atom. The molecule has 1 N–H and O–H groups in total. The maximum Gasteiger partial charge on any atom is 0.261 e. The highest BCUT2D eigenvalue weighted by Gasteiger charge is 2.38. The van der Waals surface area contributed by atoms with Crippen LogP contribution in [0.5, 0.6) is 0 Å². The lowest BCUT2D eigenvalue weighted by molar-refractivity contribution is -0.127. The van der Waals surface area contributed by atoms with Gasteiger partial charge in [0.05, 0.1) is 6.04 Å². The molecule has 0 spiro atoms. The molecule has 5 heteroatoms. The Labute approximate surface area is 122 Å². The van der Waals surface area contributed by atoms with Crippen LogP contribution in [0.3, 0.4) is 0 Å². The van der Waals surface area contributed by atoms with E-state index in [-0.39, 0.29) is 23.0 Å². The van der Waals surface area contributed by atoms with E-state index < -0.39 is 6.04 Å². The quantitative estimate of drug-likeness (QED) is 0.845. The summed E-state index contributed by atoms with van der Waals surface area (Å²) in [5, 5.41) is 10.0. The third-order valence-corrected chi connectivity index (χ3v) is 4.40. The molecule has 1 amide bonds. The summed E-state index contributed by atoms with van der Waals surface area (Å²) < 4.78 is 0. The molecule has 0 fully saturated rings. The van der Waals surface area contributed by atoms with Gasteiger partial charge in [0.25, 0.3) is 5.91 Å². The standard InChI is InChI=1S/C15H17NO3S/c1-10(17)13-14(18)12(16(2)15(13)19)9-20-8-11-6-4-3-5-7-11/h3-7,12,18H,8-9H2,1-2H3. The van der Waals surface area contributed by atoms with Crippen LogP contribution in [-0.2, 0) is 15.3 Å². The topological polar surface area (TPSA) is 57.6 Å². The number of benzene rings is 1. The normalized spacial score (nSPS) is 18.8. The van der Waals surface area contributed by atoms with E-state index >= 15 is 0 Å². The van der Waals surface area contributed by atoms with Gasteiger partial charge in [-0.15, -0.1) is 0 Å². The van der Waals surface area contributed by atoms with Crippen LogP contribution in [0.15, 0.2) is 41.7 Å². The summed E-state index contributed by atoms with van der Waals surface area (Å²) in [5.41, 5.74) is 1.12. The molecule has 4 nitrogen and oxygen atoms in total. The van der Waals surface area contributed by atoms with Gasteiger partial charge in [0, 0.05) is 18.6 Å². The van der Waals surface area contributed by atoms with Gasteiger partial charge in [-0.3, -0.25) is 9.59 Å². The fourth-order valence-corrected chi connectivity index (χ4v) is 3.31. The first-order valence-electron chi connectivity index (χ1n) is 6.35. The highest BCUT2D eigenvalue weighted by atomic mass is 32.2. The average molecular weight is 291 g/mol. The Hall–Kier alpha value is -1.75. The minimum Gasteiger partial charge on any atom is -0.509 e. The number of carbonyl (C=O) groups is 2. The molecule has 0 radical (unpaired) electrons. The third kappa shape index (κ3) is 2.88. The van der Waals surface area contributed by atoms with Crippen molar-refractivity contribution in [2.24, 2.45) is 0 Å². The molecule has 1 atom stereocenters. The first kappa shape index (κ1) is 14.7. The predicted octanol–water partition coefficient (Wildman–Crippen LogP) is 2.16. The van der Waals surface area contributed by atoms with Crippen molar-refractivity contribution in [3.63, 3.8) is 0 Å². The van der Waals surface area contributed by atoms with Crippen molar-refractivity contribution < 1.29 is 14.7 Å². The number of rotatable bonds is 5. The number of thioether (sulfide) groups is 1. The number of ketones is 1. The van der Waals surface area contributed by atoms with Crippen LogP contribution in [-0.4, -0.2) is 40.5 Å². The minimum absolute atomic E-state index is 0.0715. The highest BCUT2D eigenvalue weighted by molar-refractivity contribution is 7.98. The summed E-state index contributed by atoms with van der Waals surface area (Å²) in [4.78, 5) is 24.7. The van der Waals surface area contributed by atoms with Crippen LogP contribution in [0.25, 0.3) is 0 Å². The van der Waals surface area contributed by atoms with Crippen LogP contribution in [0, 0.1) is 0 Å². The molecule has 0 bridgehead atoms. The van der Waals surface area contributed by atoms with Gasteiger partial charge >= 0.3 is 0 Å². The fourth-order valence-electron chi connectivity index (χ4n) is 2.16. The number of aliphatic hydroxyl groups excluding tert-OH is 1. The lowest BCUT2D eigenvalue weighted by Crippen LogP contribution is -2.34. The molecular weight excluding hydrogens is 274 g/mol. The minimum atomic E-state index is -0.407. The largest absolute Gasteiger partial charge is 0.509 e. The van der Waals surface area contributed by atoms with E-state index in [4.69, 9.17) is 0 Å². The highest BCUT2D eigenvalue weighted by Crippen LogP contribution is 2.27. The van der Waals surface area contributed by atoms with Gasteiger partial charge in [-0.25, -0.2) is 0 Å². The second kappa shape index (κ2) is 6.13. The van der Waals surface area contributed by atoms with Crippen molar-refractivity contribution in [2.75, 3.05) is 12.8 Å². The number of carbonyl (C=O) groups excluding carboxylic acids is 2. The first-order valence-corrected chi connectivity index (χ1v) is 7.50. The first-order chi connectivity index (χ1) is 9.52. The molecule has 1 heterocycles. The Morgan fingerprint density at radius 1 is 1.35 bits per heavy atom. The number of hydrogen-bond acceptors (Lipinski definition) is 4. The average Bonchev–Trinajstić information content (AvgIpc) is 2.63. The zero-order valence-electron chi connectivity index (χ0n) is 11.5. The summed E-state index contributed by atoms with van der Waals surface area (Å²) in [5.74, 6) is 0.516.